The van der Waals surface area contributed by atoms with Crippen LogP contribution in [0.3, 0.4) is 0 Å². The lowest BCUT2D eigenvalue weighted by atomic mass is 10.2. The van der Waals surface area contributed by atoms with Crippen molar-refractivity contribution in [3.63, 3.8) is 0 Å². The molecule has 1 aliphatic rings. The van der Waals surface area contributed by atoms with Gasteiger partial charge in [0.15, 0.2) is 9.84 Å². The van der Waals surface area contributed by atoms with Crippen LogP contribution >= 0.6 is 0 Å². The number of aryl methyl sites for hydroxylation is 1. The van der Waals surface area contributed by atoms with E-state index in [1.807, 2.05) is 13.0 Å². The average molecular weight is 349 g/mol. The number of benzene rings is 1. The van der Waals surface area contributed by atoms with Gasteiger partial charge in [0.1, 0.15) is 6.54 Å². The maximum absolute atomic E-state index is 12.5. The van der Waals surface area contributed by atoms with Crippen LogP contribution in [0.4, 0.5) is 0 Å². The number of sulfone groups is 1. The van der Waals surface area contributed by atoms with Crippen molar-refractivity contribution in [1.82, 2.24) is 14.5 Å². The van der Waals surface area contributed by atoms with Crippen LogP contribution < -0.4 is 5.56 Å². The molecule has 0 bridgehead atoms. The number of rotatable bonds is 3. The minimum atomic E-state index is -3.06. The summed E-state index contributed by atoms with van der Waals surface area (Å²) >= 11 is 0. The summed E-state index contributed by atoms with van der Waals surface area (Å²) in [6, 6.07) is 5.07. The lowest BCUT2D eigenvalue weighted by Crippen LogP contribution is -2.41. The molecule has 0 saturated carbocycles. The van der Waals surface area contributed by atoms with Gasteiger partial charge in [0.05, 0.1) is 28.7 Å². The molecular formula is C16H19N3O4S. The number of aromatic nitrogens is 2. The Balaban J connectivity index is 1.83. The molecule has 7 nitrogen and oxygen atoms in total. The zero-order valence-corrected chi connectivity index (χ0v) is 14.4. The molecule has 8 heteroatoms. The summed E-state index contributed by atoms with van der Waals surface area (Å²) in [7, 11) is -1.48. The third-order valence-electron chi connectivity index (χ3n) is 4.43. The molecule has 1 amide bonds. The molecule has 1 aliphatic heterocycles. The van der Waals surface area contributed by atoms with Gasteiger partial charge in [0.25, 0.3) is 5.56 Å². The van der Waals surface area contributed by atoms with Crippen LogP contribution in [-0.2, 0) is 21.2 Å². The normalized spacial score (nSPS) is 19.5. The van der Waals surface area contributed by atoms with Gasteiger partial charge in [0.2, 0.25) is 5.91 Å². The zero-order valence-electron chi connectivity index (χ0n) is 13.6. The van der Waals surface area contributed by atoms with Gasteiger partial charge < -0.3 is 4.90 Å². The molecule has 2 aromatic rings. The number of carbonyl (C=O) groups excluding carboxylic acids is 1. The first-order valence-corrected chi connectivity index (χ1v) is 9.51. The predicted octanol–water partition coefficient (Wildman–Crippen LogP) is 0.350. The van der Waals surface area contributed by atoms with Crippen LogP contribution in [0.15, 0.2) is 29.3 Å². The fraction of sp³-hybridized carbons (Fsp3) is 0.438. The second-order valence-corrected chi connectivity index (χ2v) is 8.49. The Bertz CT molecular complexity index is 965. The summed E-state index contributed by atoms with van der Waals surface area (Å²) < 4.78 is 24.4. The van der Waals surface area contributed by atoms with Gasteiger partial charge in [-0.3, -0.25) is 14.2 Å². The van der Waals surface area contributed by atoms with Gasteiger partial charge in [-0.15, -0.1) is 0 Å². The van der Waals surface area contributed by atoms with Crippen molar-refractivity contribution in [2.45, 2.75) is 25.9 Å². The highest BCUT2D eigenvalue weighted by atomic mass is 32.2. The lowest BCUT2D eigenvalue weighted by Gasteiger charge is -2.23. The van der Waals surface area contributed by atoms with Gasteiger partial charge in [-0.05, 0) is 25.5 Å². The van der Waals surface area contributed by atoms with E-state index in [0.717, 1.165) is 5.56 Å². The Kier molecular flexibility index (Phi) is 4.16. The van der Waals surface area contributed by atoms with E-state index in [2.05, 4.69) is 4.98 Å². The van der Waals surface area contributed by atoms with E-state index in [9.17, 15) is 18.0 Å². The molecule has 0 spiro atoms. The monoisotopic (exact) mass is 349 g/mol. The third kappa shape index (κ3) is 3.19. The van der Waals surface area contributed by atoms with Crippen molar-refractivity contribution in [2.75, 3.05) is 18.6 Å². The van der Waals surface area contributed by atoms with E-state index in [0.29, 0.717) is 17.3 Å². The summed E-state index contributed by atoms with van der Waals surface area (Å²) in [5, 5.41) is 0.469. The summed E-state index contributed by atoms with van der Waals surface area (Å²) in [5.74, 6) is -0.210. The molecule has 1 aromatic carbocycles. The summed E-state index contributed by atoms with van der Waals surface area (Å²) in [4.78, 5) is 30.6. The first-order chi connectivity index (χ1) is 11.3. The molecule has 3 rings (SSSR count). The number of hydrogen-bond donors (Lipinski definition) is 0. The maximum atomic E-state index is 12.5. The topological polar surface area (TPSA) is 89.3 Å². The molecule has 0 N–H and O–H groups in total. The van der Waals surface area contributed by atoms with E-state index < -0.39 is 9.84 Å². The smallest absolute Gasteiger partial charge is 0.261 e. The van der Waals surface area contributed by atoms with Gasteiger partial charge >= 0.3 is 0 Å². The minimum absolute atomic E-state index is 0.0146. The Morgan fingerprint density at radius 2 is 2.17 bits per heavy atom. The van der Waals surface area contributed by atoms with E-state index in [1.165, 1.54) is 15.8 Å². The van der Waals surface area contributed by atoms with Gasteiger partial charge in [-0.2, -0.15) is 0 Å². The first-order valence-electron chi connectivity index (χ1n) is 7.69. The van der Waals surface area contributed by atoms with Gasteiger partial charge in [-0.25, -0.2) is 13.4 Å². The number of amides is 1. The van der Waals surface area contributed by atoms with Crippen molar-refractivity contribution in [2.24, 2.45) is 0 Å². The van der Waals surface area contributed by atoms with E-state index in [-0.39, 0.29) is 35.6 Å². The van der Waals surface area contributed by atoms with Crippen LogP contribution in [0.2, 0.25) is 0 Å². The fourth-order valence-corrected chi connectivity index (χ4v) is 4.70. The Morgan fingerprint density at radius 1 is 1.42 bits per heavy atom. The molecule has 1 fully saturated rings. The fourth-order valence-electron chi connectivity index (χ4n) is 2.93. The molecule has 0 unspecified atom stereocenters. The van der Waals surface area contributed by atoms with Gasteiger partial charge in [0, 0.05) is 13.1 Å². The van der Waals surface area contributed by atoms with Crippen LogP contribution in [0.1, 0.15) is 12.0 Å². The largest absolute Gasteiger partial charge is 0.340 e. The second kappa shape index (κ2) is 6.01. The van der Waals surface area contributed by atoms with Crippen LogP contribution in [-0.4, -0.2) is 53.4 Å². The average Bonchev–Trinajstić information content (AvgIpc) is 2.89. The Labute approximate surface area is 139 Å². The number of carbonyl (C=O) groups is 1. The first kappa shape index (κ1) is 16.6. The highest BCUT2D eigenvalue weighted by Gasteiger charge is 2.32. The second-order valence-electron chi connectivity index (χ2n) is 6.26. The molecular weight excluding hydrogens is 330 g/mol. The van der Waals surface area contributed by atoms with E-state index in [4.69, 9.17) is 0 Å². The summed E-state index contributed by atoms with van der Waals surface area (Å²) in [6.07, 6.45) is 1.80. The molecule has 2 heterocycles. The predicted molar refractivity (Wildman–Crippen MR) is 90.6 cm³/mol. The number of likely N-dealkylation sites (N-methyl/N-ethyl adjacent to an activating group) is 1. The zero-order chi connectivity index (χ0) is 17.5. The van der Waals surface area contributed by atoms with Gasteiger partial charge in [-0.1, -0.05) is 11.6 Å². The Hall–Kier alpha value is -2.22. The minimum Gasteiger partial charge on any atom is -0.340 e. The van der Waals surface area contributed by atoms with Crippen molar-refractivity contribution < 1.29 is 13.2 Å². The molecule has 0 radical (unpaired) electrons. The quantitative estimate of drug-likeness (QED) is 0.798. The molecule has 24 heavy (non-hydrogen) atoms. The maximum Gasteiger partial charge on any atom is 0.261 e. The number of nitrogens with zero attached hydrogens (tertiary/aromatic N) is 3. The number of hydrogen-bond acceptors (Lipinski definition) is 5. The SMILES string of the molecule is Cc1ccc2ncn(CC(=O)N(C)[C@H]3CCS(=O)(=O)C3)c(=O)c2c1. The van der Waals surface area contributed by atoms with E-state index >= 15 is 0 Å². The van der Waals surface area contributed by atoms with Crippen molar-refractivity contribution in [3.8, 4) is 0 Å². The van der Waals surface area contributed by atoms with E-state index in [1.54, 1.807) is 19.2 Å². The van der Waals surface area contributed by atoms with Crippen molar-refractivity contribution in [3.05, 3.63) is 40.4 Å². The Morgan fingerprint density at radius 3 is 2.83 bits per heavy atom. The summed E-state index contributed by atoms with van der Waals surface area (Å²) in [6.45, 7) is 1.73. The number of fused-ring (bicyclic) bond motifs is 1. The highest BCUT2D eigenvalue weighted by molar-refractivity contribution is 7.91. The highest BCUT2D eigenvalue weighted by Crippen LogP contribution is 2.17. The van der Waals surface area contributed by atoms with Crippen LogP contribution in [0.25, 0.3) is 10.9 Å². The van der Waals surface area contributed by atoms with Crippen molar-refractivity contribution in [1.29, 1.82) is 0 Å². The standard InChI is InChI=1S/C16H19N3O4S/c1-11-3-4-14-13(7-11)16(21)19(10-17-14)8-15(20)18(2)12-5-6-24(22,23)9-12/h3-4,7,10,12H,5-6,8-9H2,1-2H3/t12-/m0/s1. The molecule has 128 valence electrons. The van der Waals surface area contributed by atoms with Crippen molar-refractivity contribution >= 4 is 26.6 Å². The lowest BCUT2D eigenvalue weighted by molar-refractivity contribution is -0.132. The summed E-state index contributed by atoms with van der Waals surface area (Å²) in [5.41, 5.74) is 1.26. The van der Waals surface area contributed by atoms with Crippen LogP contribution in [0.5, 0.6) is 0 Å². The molecule has 0 aliphatic carbocycles. The molecule has 1 saturated heterocycles. The molecule has 1 aromatic heterocycles. The molecule has 1 atom stereocenters. The van der Waals surface area contributed by atoms with Crippen LogP contribution in [0, 0.1) is 6.92 Å². The third-order valence-corrected chi connectivity index (χ3v) is 6.19.